The van der Waals surface area contributed by atoms with Crippen LogP contribution in [-0.2, 0) is 36.3 Å². The van der Waals surface area contributed by atoms with Gasteiger partial charge in [0, 0.05) is 47.9 Å². The van der Waals surface area contributed by atoms with Crippen molar-refractivity contribution >= 4 is 131 Å². The summed E-state index contributed by atoms with van der Waals surface area (Å²) in [6.45, 7) is 22.9. The summed E-state index contributed by atoms with van der Waals surface area (Å²) in [4.78, 5) is 4.54. The molecule has 0 unspecified atom stereocenters. The standard InChI is InChI=1S/C50H43F3N2.C24H22Br2.C14H14/c1-31(2)41-30-45(55(36-14-10-7-11-15-36)37-20-16-32(3)17-21-37)42-29-43-46-33(26-27-49(43,4)5)28-44(40-25-24-39(41)47(42)48(40)46)54(35-12-8-6-9-13-35)38-22-18-34(19-23-38)50(51,52)53;1-12(2)16-11-20(26)17-10-18-21-13(7-8-24(18,3)4)9-19(25)15-6-5-14(16)22(17)23(15)21;1-12-7-9-14(10-8-12)11-13-5-3-2-4-6-13/h6-25,28-31H,26-27H2,1-5H3;5-6,9-12H,7-8H2,1-4H3;2-10H,11H2,1H3. The van der Waals surface area contributed by atoms with Gasteiger partial charge in [0.2, 0.25) is 0 Å². The third-order valence-electron chi connectivity index (χ3n) is 20.5. The molecule has 2 aliphatic carbocycles. The highest BCUT2D eigenvalue weighted by molar-refractivity contribution is 9.11. The van der Waals surface area contributed by atoms with Crippen molar-refractivity contribution in [3.05, 3.63) is 295 Å². The van der Waals surface area contributed by atoms with Crippen LogP contribution >= 0.6 is 31.9 Å². The maximum Gasteiger partial charge on any atom is 0.416 e. The van der Waals surface area contributed by atoms with E-state index < -0.39 is 11.7 Å². The van der Waals surface area contributed by atoms with Gasteiger partial charge in [-0.2, -0.15) is 13.2 Å². The van der Waals surface area contributed by atoms with Crippen LogP contribution in [0.25, 0.3) is 64.6 Å². The van der Waals surface area contributed by atoms with Crippen LogP contribution in [0.15, 0.2) is 233 Å². The Bertz CT molecular complexity index is 5150. The van der Waals surface area contributed by atoms with Gasteiger partial charge in [0.25, 0.3) is 0 Å². The molecule has 14 aromatic rings. The maximum atomic E-state index is 13.8. The number of hydrogen-bond donors (Lipinski definition) is 0. The quantitative estimate of drug-likeness (QED) is 0.126. The topological polar surface area (TPSA) is 6.48 Å². The van der Waals surface area contributed by atoms with E-state index in [0.717, 1.165) is 59.5 Å². The van der Waals surface area contributed by atoms with Crippen LogP contribution in [-0.4, -0.2) is 0 Å². The summed E-state index contributed by atoms with van der Waals surface area (Å²) in [6.07, 6.45) is 0.852. The van der Waals surface area contributed by atoms with Gasteiger partial charge in [-0.3, -0.25) is 0 Å². The lowest BCUT2D eigenvalue weighted by molar-refractivity contribution is -0.137. The van der Waals surface area contributed by atoms with Gasteiger partial charge >= 0.3 is 6.18 Å². The molecule has 95 heavy (non-hydrogen) atoms. The number of anilines is 6. The van der Waals surface area contributed by atoms with Gasteiger partial charge in [-0.05, 0) is 259 Å². The molecule has 0 heterocycles. The highest BCUT2D eigenvalue weighted by Gasteiger charge is 2.36. The molecule has 14 aromatic carbocycles. The van der Waals surface area contributed by atoms with E-state index in [-0.39, 0.29) is 16.7 Å². The fourth-order valence-electron chi connectivity index (χ4n) is 15.3. The summed E-state index contributed by atoms with van der Waals surface area (Å²) in [5.74, 6) is 0.747. The van der Waals surface area contributed by atoms with E-state index in [0.29, 0.717) is 11.6 Å². The molecule has 2 aliphatic rings. The highest BCUT2D eigenvalue weighted by Crippen LogP contribution is 2.56. The van der Waals surface area contributed by atoms with Gasteiger partial charge in [-0.1, -0.05) is 226 Å². The average molecular weight is 1380 g/mol. The normalized spacial score (nSPS) is 14.1. The first kappa shape index (κ1) is 63.9. The Morgan fingerprint density at radius 1 is 0.389 bits per heavy atom. The second kappa shape index (κ2) is 24.9. The third-order valence-corrected chi connectivity index (χ3v) is 21.8. The maximum absolute atomic E-state index is 13.8. The highest BCUT2D eigenvalue weighted by atomic mass is 79.9. The number of benzene rings is 14. The molecule has 476 valence electrons. The summed E-state index contributed by atoms with van der Waals surface area (Å²) < 4.78 is 43.9. The number of hydrogen-bond acceptors (Lipinski definition) is 2. The minimum Gasteiger partial charge on any atom is -0.310 e. The molecule has 0 N–H and O–H groups in total. The van der Waals surface area contributed by atoms with Gasteiger partial charge < -0.3 is 9.80 Å². The van der Waals surface area contributed by atoms with Crippen molar-refractivity contribution in [3.63, 3.8) is 0 Å². The lowest BCUT2D eigenvalue weighted by Crippen LogP contribution is -2.24. The van der Waals surface area contributed by atoms with E-state index in [4.69, 9.17) is 0 Å². The Hall–Kier alpha value is -8.49. The van der Waals surface area contributed by atoms with Crippen molar-refractivity contribution in [3.8, 4) is 0 Å². The molecular formula is C88H79Br2F3N2. The van der Waals surface area contributed by atoms with Crippen LogP contribution in [0.1, 0.15) is 141 Å². The van der Waals surface area contributed by atoms with Crippen LogP contribution < -0.4 is 9.80 Å². The molecule has 0 radical (unpaired) electrons. The fraction of sp³-hybridized carbons (Fsp3) is 0.227. The van der Waals surface area contributed by atoms with E-state index >= 15 is 0 Å². The van der Waals surface area contributed by atoms with Crippen molar-refractivity contribution in [2.24, 2.45) is 0 Å². The fourth-order valence-corrected chi connectivity index (χ4v) is 16.5. The summed E-state index contributed by atoms with van der Waals surface area (Å²) in [6, 6.07) is 77.8. The van der Waals surface area contributed by atoms with Crippen LogP contribution in [0, 0.1) is 13.8 Å². The zero-order chi connectivity index (χ0) is 66.4. The second-order valence-corrected chi connectivity index (χ2v) is 30.2. The van der Waals surface area contributed by atoms with Crippen LogP contribution in [0.2, 0.25) is 0 Å². The molecule has 0 amide bonds. The Kier molecular flexibility index (Phi) is 16.8. The lowest BCUT2D eigenvalue weighted by atomic mass is 9.70. The summed E-state index contributed by atoms with van der Waals surface area (Å²) in [5.41, 5.74) is 18.9. The number of rotatable bonds is 10. The summed E-state index contributed by atoms with van der Waals surface area (Å²) in [7, 11) is 0. The van der Waals surface area contributed by atoms with Crippen LogP contribution in [0.4, 0.5) is 47.3 Å². The molecule has 0 aliphatic heterocycles. The minimum absolute atomic E-state index is 0.0801. The van der Waals surface area contributed by atoms with E-state index in [1.165, 1.54) is 142 Å². The molecule has 16 rings (SSSR count). The Labute approximate surface area is 574 Å². The van der Waals surface area contributed by atoms with Crippen LogP contribution in [0.5, 0.6) is 0 Å². The number of nitrogens with zero attached hydrogens (tertiary/aromatic N) is 2. The number of alkyl halides is 3. The first-order valence-electron chi connectivity index (χ1n) is 33.5. The van der Waals surface area contributed by atoms with Crippen molar-refractivity contribution < 1.29 is 13.2 Å². The zero-order valence-electron chi connectivity index (χ0n) is 55.8. The van der Waals surface area contributed by atoms with Crippen molar-refractivity contribution in [2.45, 2.75) is 130 Å². The molecule has 0 atom stereocenters. The molecule has 0 fully saturated rings. The van der Waals surface area contributed by atoms with Gasteiger partial charge in [0.05, 0.1) is 16.9 Å². The molecular weight excluding hydrogens is 1300 g/mol. The van der Waals surface area contributed by atoms with E-state index in [1.807, 2.05) is 30.3 Å². The SMILES string of the molecule is CC(C)c1cc(Br)c2cc3c4c(cc(Br)c5ccc1c2c54)CCC3(C)C.Cc1ccc(Cc2ccccc2)cc1.Cc1ccc(N(c2ccccc2)c2cc(C(C)C)c3ccc4c(N(c5ccccc5)c5ccc(C(F)(F)F)cc5)cc5c6c(cc2c3c46)C(C)(C)CC5)cc1. The number of aryl methyl sites for hydroxylation is 4. The van der Waals surface area contributed by atoms with E-state index in [1.54, 1.807) is 12.1 Å². The van der Waals surface area contributed by atoms with Gasteiger partial charge in [-0.25, -0.2) is 0 Å². The summed E-state index contributed by atoms with van der Waals surface area (Å²) in [5, 5.41) is 15.8. The predicted octanol–water partition coefficient (Wildman–Crippen LogP) is 27.2. The third kappa shape index (κ3) is 11.7. The second-order valence-electron chi connectivity index (χ2n) is 28.5. The molecule has 0 aromatic heterocycles. The van der Waals surface area contributed by atoms with Gasteiger partial charge in [0.1, 0.15) is 0 Å². The smallest absolute Gasteiger partial charge is 0.310 e. The van der Waals surface area contributed by atoms with Crippen molar-refractivity contribution in [2.75, 3.05) is 9.80 Å². The molecule has 2 nitrogen and oxygen atoms in total. The lowest BCUT2D eigenvalue weighted by Gasteiger charge is -2.37. The molecule has 7 heteroatoms. The van der Waals surface area contributed by atoms with Crippen LogP contribution in [0.3, 0.4) is 0 Å². The first-order valence-corrected chi connectivity index (χ1v) is 35.1. The first-order chi connectivity index (χ1) is 45.5. The Balaban J connectivity index is 0.000000158. The average Bonchev–Trinajstić information content (AvgIpc) is 0.702. The zero-order valence-corrected chi connectivity index (χ0v) is 59.0. The Morgan fingerprint density at radius 2 is 0.789 bits per heavy atom. The van der Waals surface area contributed by atoms with E-state index in [2.05, 4.69) is 281 Å². The van der Waals surface area contributed by atoms with Crippen molar-refractivity contribution in [1.82, 2.24) is 0 Å². The van der Waals surface area contributed by atoms with Gasteiger partial charge in [-0.15, -0.1) is 0 Å². The largest absolute Gasteiger partial charge is 0.416 e. The summed E-state index contributed by atoms with van der Waals surface area (Å²) >= 11 is 7.77. The van der Waals surface area contributed by atoms with Gasteiger partial charge in [0.15, 0.2) is 0 Å². The molecule has 0 bridgehead atoms. The number of para-hydroxylation sites is 2. The predicted molar refractivity (Wildman–Crippen MR) is 406 cm³/mol. The Morgan fingerprint density at radius 3 is 1.32 bits per heavy atom. The molecule has 0 spiro atoms. The minimum atomic E-state index is -4.42. The van der Waals surface area contributed by atoms with E-state index in [9.17, 15) is 13.2 Å². The molecule has 0 saturated heterocycles. The molecule has 0 saturated carbocycles. The monoisotopic (exact) mass is 1380 g/mol. The van der Waals surface area contributed by atoms with Crippen molar-refractivity contribution in [1.29, 1.82) is 0 Å². The number of halogens is 5.